The normalized spacial score (nSPS) is 20.5. The van der Waals surface area contributed by atoms with Gasteiger partial charge in [0, 0.05) is 38.8 Å². The van der Waals surface area contributed by atoms with Gasteiger partial charge in [-0.3, -0.25) is 9.80 Å². The molecule has 0 N–H and O–H groups in total. The smallest absolute Gasteiger partial charge is 0.231 e. The van der Waals surface area contributed by atoms with Gasteiger partial charge in [0.25, 0.3) is 0 Å². The maximum atomic E-state index is 5.55. The van der Waals surface area contributed by atoms with Gasteiger partial charge in [0.1, 0.15) is 5.75 Å². The third-order valence-electron chi connectivity index (χ3n) is 6.66. The Bertz CT molecular complexity index is 859. The lowest BCUT2D eigenvalue weighted by Gasteiger charge is -2.43. The van der Waals surface area contributed by atoms with Crippen molar-refractivity contribution in [1.29, 1.82) is 0 Å². The van der Waals surface area contributed by atoms with Crippen molar-refractivity contribution in [3.63, 3.8) is 0 Å². The van der Waals surface area contributed by atoms with Gasteiger partial charge in [0.2, 0.25) is 6.79 Å². The summed E-state index contributed by atoms with van der Waals surface area (Å²) in [5.41, 5.74) is 2.53. The maximum absolute atomic E-state index is 5.55. The van der Waals surface area contributed by atoms with Crippen molar-refractivity contribution in [3.05, 3.63) is 48.0 Å². The minimum absolute atomic E-state index is 0.342. The lowest BCUT2D eigenvalue weighted by molar-refractivity contribution is 0.0997. The number of para-hydroxylation sites is 2. The number of fused-ring (bicyclic) bond motifs is 1. The standard InChI is InChI=1S/C24H31N3O3/c1-28-22-5-3-2-4-21(22)27-14-12-26(13-15-27)20-8-10-25(11-9-20)17-19-6-7-23-24(16-19)30-18-29-23/h2-7,16,20H,8-15,17-18H2,1H3. The van der Waals surface area contributed by atoms with E-state index in [2.05, 4.69) is 45.0 Å². The van der Waals surface area contributed by atoms with Gasteiger partial charge in [-0.05, 0) is 55.8 Å². The largest absolute Gasteiger partial charge is 0.495 e. The van der Waals surface area contributed by atoms with E-state index in [1.807, 2.05) is 12.1 Å². The maximum Gasteiger partial charge on any atom is 0.231 e. The number of piperazine rings is 1. The molecule has 0 spiro atoms. The molecule has 2 aromatic rings. The van der Waals surface area contributed by atoms with E-state index < -0.39 is 0 Å². The zero-order valence-electron chi connectivity index (χ0n) is 17.8. The summed E-state index contributed by atoms with van der Waals surface area (Å²) in [6.07, 6.45) is 2.50. The van der Waals surface area contributed by atoms with Gasteiger partial charge >= 0.3 is 0 Å². The predicted octanol–water partition coefficient (Wildman–Crippen LogP) is 3.21. The van der Waals surface area contributed by atoms with Crippen LogP contribution in [0.4, 0.5) is 5.69 Å². The number of anilines is 1. The van der Waals surface area contributed by atoms with Crippen LogP contribution < -0.4 is 19.1 Å². The van der Waals surface area contributed by atoms with Crippen LogP contribution in [0, 0.1) is 0 Å². The second-order valence-electron chi connectivity index (χ2n) is 8.39. The van der Waals surface area contributed by atoms with Crippen LogP contribution in [0.15, 0.2) is 42.5 Å². The Morgan fingerprint density at radius 1 is 0.900 bits per heavy atom. The van der Waals surface area contributed by atoms with Crippen molar-refractivity contribution in [2.45, 2.75) is 25.4 Å². The molecule has 0 atom stereocenters. The molecule has 0 saturated carbocycles. The van der Waals surface area contributed by atoms with E-state index in [-0.39, 0.29) is 0 Å². The van der Waals surface area contributed by atoms with Crippen molar-refractivity contribution < 1.29 is 14.2 Å². The monoisotopic (exact) mass is 409 g/mol. The lowest BCUT2D eigenvalue weighted by Crippen LogP contribution is -2.53. The van der Waals surface area contributed by atoms with Crippen molar-refractivity contribution in [2.24, 2.45) is 0 Å². The quantitative estimate of drug-likeness (QED) is 0.755. The van der Waals surface area contributed by atoms with Gasteiger partial charge < -0.3 is 19.1 Å². The number of nitrogens with zero attached hydrogens (tertiary/aromatic N) is 3. The lowest BCUT2D eigenvalue weighted by atomic mass is 10.0. The van der Waals surface area contributed by atoms with Crippen LogP contribution in [0.2, 0.25) is 0 Å². The minimum Gasteiger partial charge on any atom is -0.495 e. The van der Waals surface area contributed by atoms with Crippen LogP contribution in [-0.4, -0.2) is 69.0 Å². The first-order chi connectivity index (χ1) is 14.8. The molecule has 6 heteroatoms. The van der Waals surface area contributed by atoms with E-state index in [4.69, 9.17) is 14.2 Å². The second-order valence-corrected chi connectivity index (χ2v) is 8.39. The summed E-state index contributed by atoms with van der Waals surface area (Å²) in [4.78, 5) is 7.73. The number of methoxy groups -OCH3 is 1. The van der Waals surface area contributed by atoms with E-state index in [0.29, 0.717) is 12.8 Å². The molecule has 2 fully saturated rings. The first-order valence-electron chi connectivity index (χ1n) is 11.0. The molecule has 2 aromatic carbocycles. The Hall–Kier alpha value is -2.44. The topological polar surface area (TPSA) is 37.4 Å². The number of piperidine rings is 1. The Kier molecular flexibility index (Phi) is 5.69. The molecule has 0 amide bonds. The summed E-state index contributed by atoms with van der Waals surface area (Å²) in [6, 6.07) is 15.4. The van der Waals surface area contributed by atoms with Gasteiger partial charge in [0.05, 0.1) is 12.8 Å². The number of benzene rings is 2. The third-order valence-corrected chi connectivity index (χ3v) is 6.66. The van der Waals surface area contributed by atoms with Gasteiger partial charge in [-0.25, -0.2) is 0 Å². The molecule has 0 aromatic heterocycles. The van der Waals surface area contributed by atoms with Crippen LogP contribution in [0.25, 0.3) is 0 Å². The fourth-order valence-corrected chi connectivity index (χ4v) is 4.96. The summed E-state index contributed by atoms with van der Waals surface area (Å²) in [6.45, 7) is 8.04. The molecule has 30 heavy (non-hydrogen) atoms. The Labute approximate surface area is 178 Å². The van der Waals surface area contributed by atoms with E-state index in [9.17, 15) is 0 Å². The Morgan fingerprint density at radius 2 is 1.67 bits per heavy atom. The molecule has 0 bridgehead atoms. The second kappa shape index (κ2) is 8.74. The highest BCUT2D eigenvalue weighted by atomic mass is 16.7. The number of likely N-dealkylation sites (tertiary alicyclic amines) is 1. The number of rotatable bonds is 5. The highest BCUT2D eigenvalue weighted by Gasteiger charge is 2.28. The molecule has 6 nitrogen and oxygen atoms in total. The van der Waals surface area contributed by atoms with E-state index in [0.717, 1.165) is 63.1 Å². The highest BCUT2D eigenvalue weighted by molar-refractivity contribution is 5.58. The molecule has 3 aliphatic heterocycles. The molecule has 5 rings (SSSR count). The fourth-order valence-electron chi connectivity index (χ4n) is 4.96. The first kappa shape index (κ1) is 19.5. The van der Waals surface area contributed by atoms with Gasteiger partial charge in [-0.2, -0.15) is 0 Å². The molecule has 3 heterocycles. The zero-order valence-corrected chi connectivity index (χ0v) is 17.8. The molecule has 0 aliphatic carbocycles. The predicted molar refractivity (Wildman–Crippen MR) is 118 cm³/mol. The Morgan fingerprint density at radius 3 is 2.47 bits per heavy atom. The molecule has 2 saturated heterocycles. The van der Waals surface area contributed by atoms with Crippen molar-refractivity contribution in [3.8, 4) is 17.2 Å². The molecule has 0 radical (unpaired) electrons. The average Bonchev–Trinajstić information content (AvgIpc) is 3.28. The first-order valence-corrected chi connectivity index (χ1v) is 11.0. The van der Waals surface area contributed by atoms with E-state index in [1.165, 1.54) is 24.1 Å². The van der Waals surface area contributed by atoms with Crippen molar-refractivity contribution in [1.82, 2.24) is 9.80 Å². The highest BCUT2D eigenvalue weighted by Crippen LogP contribution is 2.33. The molecule has 160 valence electrons. The summed E-state index contributed by atoms with van der Waals surface area (Å²) >= 11 is 0. The Balaban J connectivity index is 1.11. The van der Waals surface area contributed by atoms with E-state index in [1.54, 1.807) is 7.11 Å². The third kappa shape index (κ3) is 4.07. The van der Waals surface area contributed by atoms with Crippen LogP contribution in [0.3, 0.4) is 0 Å². The van der Waals surface area contributed by atoms with E-state index >= 15 is 0 Å². The van der Waals surface area contributed by atoms with Crippen molar-refractivity contribution >= 4 is 5.69 Å². The minimum atomic E-state index is 0.342. The number of ether oxygens (including phenoxy) is 3. The van der Waals surface area contributed by atoms with Crippen LogP contribution in [-0.2, 0) is 6.54 Å². The SMILES string of the molecule is COc1ccccc1N1CCN(C2CCN(Cc3ccc4c(c3)OCO4)CC2)CC1. The summed E-state index contributed by atoms with van der Waals surface area (Å²) in [5.74, 6) is 2.72. The van der Waals surface area contributed by atoms with Crippen LogP contribution in [0.1, 0.15) is 18.4 Å². The van der Waals surface area contributed by atoms with Gasteiger partial charge in [-0.1, -0.05) is 18.2 Å². The summed E-state index contributed by atoms with van der Waals surface area (Å²) < 4.78 is 16.5. The average molecular weight is 410 g/mol. The van der Waals surface area contributed by atoms with Crippen LogP contribution >= 0.6 is 0 Å². The molecule has 3 aliphatic rings. The number of hydrogen-bond acceptors (Lipinski definition) is 6. The summed E-state index contributed by atoms with van der Waals surface area (Å²) in [5, 5.41) is 0. The number of hydrogen-bond donors (Lipinski definition) is 0. The van der Waals surface area contributed by atoms with Crippen LogP contribution in [0.5, 0.6) is 17.2 Å². The summed E-state index contributed by atoms with van der Waals surface area (Å²) in [7, 11) is 1.76. The molecule has 0 unspecified atom stereocenters. The van der Waals surface area contributed by atoms with Crippen molar-refractivity contribution in [2.75, 3.05) is 58.1 Å². The zero-order chi connectivity index (χ0) is 20.3. The van der Waals surface area contributed by atoms with Gasteiger partial charge in [0.15, 0.2) is 11.5 Å². The van der Waals surface area contributed by atoms with Gasteiger partial charge in [-0.15, -0.1) is 0 Å². The molecular weight excluding hydrogens is 378 g/mol. The fraction of sp³-hybridized carbons (Fsp3) is 0.500. The molecular formula is C24H31N3O3.